The van der Waals surface area contributed by atoms with E-state index in [1.54, 1.807) is 0 Å². The Labute approximate surface area is 115 Å². The zero-order valence-corrected chi connectivity index (χ0v) is 12.9. The molecule has 0 radical (unpaired) electrons. The number of hydrogen-bond acceptors (Lipinski definition) is 2. The molecule has 1 rings (SSSR count). The minimum Gasteiger partial charge on any atom is -0.370 e. The number of thiophene rings is 1. The highest BCUT2D eigenvalue weighted by Crippen LogP contribution is 2.18. The van der Waals surface area contributed by atoms with Crippen molar-refractivity contribution in [1.82, 2.24) is 5.32 Å². The summed E-state index contributed by atoms with van der Waals surface area (Å²) in [6, 6.07) is 4.27. The molecule has 16 heavy (non-hydrogen) atoms. The van der Waals surface area contributed by atoms with Gasteiger partial charge in [0.25, 0.3) is 0 Å². The zero-order valence-electron chi connectivity index (χ0n) is 9.88. The highest BCUT2D eigenvalue weighted by atomic mass is 127. The summed E-state index contributed by atoms with van der Waals surface area (Å²) in [6.07, 6.45) is 0.959. The summed E-state index contributed by atoms with van der Waals surface area (Å²) < 4.78 is 1.32. The molecule has 0 aliphatic rings. The fourth-order valence-electron chi connectivity index (χ4n) is 1.20. The lowest BCUT2D eigenvalue weighted by molar-refractivity contribution is 0.508. The molecule has 0 aliphatic carbocycles. The predicted octanol–water partition coefficient (Wildman–Crippen LogP) is 2.60. The van der Waals surface area contributed by atoms with Crippen LogP contribution in [0.25, 0.3) is 0 Å². The van der Waals surface area contributed by atoms with Gasteiger partial charge in [-0.15, -0.1) is 11.3 Å². The summed E-state index contributed by atoms with van der Waals surface area (Å²) >= 11 is 4.14. The van der Waals surface area contributed by atoms with Crippen molar-refractivity contribution in [2.24, 2.45) is 10.7 Å². The average molecular weight is 351 g/mol. The average Bonchev–Trinajstić information content (AvgIpc) is 2.48. The second-order valence-electron chi connectivity index (χ2n) is 4.60. The van der Waals surface area contributed by atoms with Crippen molar-refractivity contribution in [2.75, 3.05) is 6.54 Å². The molecule has 1 aromatic rings. The first kappa shape index (κ1) is 13.8. The van der Waals surface area contributed by atoms with Gasteiger partial charge in [0.05, 0.1) is 2.88 Å². The van der Waals surface area contributed by atoms with E-state index < -0.39 is 0 Å². The molecule has 0 unspecified atom stereocenters. The molecule has 0 atom stereocenters. The Kier molecular flexibility index (Phi) is 5.04. The third-order valence-corrected chi connectivity index (χ3v) is 3.73. The summed E-state index contributed by atoms with van der Waals surface area (Å²) in [5.74, 6) is 0.527. The number of rotatable bonds is 3. The molecule has 3 N–H and O–H groups in total. The molecule has 3 nitrogen and oxygen atoms in total. The van der Waals surface area contributed by atoms with E-state index in [1.165, 1.54) is 7.76 Å². The number of aliphatic imine (C=N–C) groups is 1. The Morgan fingerprint density at radius 2 is 2.19 bits per heavy atom. The van der Waals surface area contributed by atoms with E-state index >= 15 is 0 Å². The molecule has 0 spiro atoms. The lowest BCUT2D eigenvalue weighted by Crippen LogP contribution is -2.45. The van der Waals surface area contributed by atoms with Gasteiger partial charge in [-0.2, -0.15) is 0 Å². The van der Waals surface area contributed by atoms with Gasteiger partial charge in [-0.05, 0) is 55.5 Å². The number of hydrogen-bond donors (Lipinski definition) is 2. The van der Waals surface area contributed by atoms with Gasteiger partial charge in [0.2, 0.25) is 0 Å². The van der Waals surface area contributed by atoms with Crippen LogP contribution in [0.5, 0.6) is 0 Å². The van der Waals surface area contributed by atoms with E-state index in [0.717, 1.165) is 13.0 Å². The van der Waals surface area contributed by atoms with E-state index in [4.69, 9.17) is 5.73 Å². The van der Waals surface area contributed by atoms with Gasteiger partial charge < -0.3 is 11.1 Å². The van der Waals surface area contributed by atoms with Crippen LogP contribution < -0.4 is 11.1 Å². The third kappa shape index (κ3) is 5.69. The molecule has 0 aliphatic heterocycles. The lowest BCUT2D eigenvalue weighted by Gasteiger charge is -2.20. The Morgan fingerprint density at radius 1 is 1.50 bits per heavy atom. The summed E-state index contributed by atoms with van der Waals surface area (Å²) in [7, 11) is 0. The molecule has 0 fully saturated rings. The van der Waals surface area contributed by atoms with Crippen molar-refractivity contribution >= 4 is 39.9 Å². The molecule has 1 aromatic heterocycles. The monoisotopic (exact) mass is 351 g/mol. The minimum atomic E-state index is -0.0219. The molecule has 1 heterocycles. The minimum absolute atomic E-state index is 0.0219. The highest BCUT2D eigenvalue weighted by molar-refractivity contribution is 14.1. The standard InChI is InChI=1S/C11H18IN3S/c1-11(2,3)15-10(13)14-7-6-8-4-5-9(12)16-8/h4-5H,6-7H2,1-3H3,(H3,13,14,15). The highest BCUT2D eigenvalue weighted by Gasteiger charge is 2.09. The first-order valence-corrected chi connectivity index (χ1v) is 7.09. The fraction of sp³-hybridized carbons (Fsp3) is 0.545. The van der Waals surface area contributed by atoms with Gasteiger partial charge >= 0.3 is 0 Å². The van der Waals surface area contributed by atoms with Gasteiger partial charge in [-0.1, -0.05) is 0 Å². The predicted molar refractivity (Wildman–Crippen MR) is 80.1 cm³/mol. The largest absolute Gasteiger partial charge is 0.370 e. The molecule has 0 amide bonds. The van der Waals surface area contributed by atoms with E-state index in [9.17, 15) is 0 Å². The third-order valence-electron chi connectivity index (χ3n) is 1.77. The normalized spacial score (nSPS) is 12.9. The lowest BCUT2D eigenvalue weighted by atomic mass is 10.1. The molecule has 0 bridgehead atoms. The van der Waals surface area contributed by atoms with Crippen LogP contribution in [0.2, 0.25) is 0 Å². The van der Waals surface area contributed by atoms with Crippen molar-refractivity contribution < 1.29 is 0 Å². The van der Waals surface area contributed by atoms with E-state index in [-0.39, 0.29) is 5.54 Å². The Bertz CT molecular complexity index is 366. The number of guanidine groups is 1. The van der Waals surface area contributed by atoms with Gasteiger partial charge in [-0.3, -0.25) is 4.99 Å². The Morgan fingerprint density at radius 3 is 2.69 bits per heavy atom. The van der Waals surface area contributed by atoms with Crippen LogP contribution in [0.15, 0.2) is 17.1 Å². The maximum atomic E-state index is 5.77. The zero-order chi connectivity index (χ0) is 12.2. The quantitative estimate of drug-likeness (QED) is 0.500. The van der Waals surface area contributed by atoms with Crippen LogP contribution >= 0.6 is 33.9 Å². The Balaban J connectivity index is 2.36. The van der Waals surface area contributed by atoms with Crippen LogP contribution in [0, 0.1) is 2.88 Å². The topological polar surface area (TPSA) is 50.4 Å². The summed E-state index contributed by atoms with van der Waals surface area (Å²) in [5.41, 5.74) is 5.75. The van der Waals surface area contributed by atoms with Crippen LogP contribution in [0.4, 0.5) is 0 Å². The fourth-order valence-corrected chi connectivity index (χ4v) is 2.94. The van der Waals surface area contributed by atoms with Crippen LogP contribution in [-0.4, -0.2) is 18.0 Å². The first-order valence-electron chi connectivity index (χ1n) is 5.19. The maximum Gasteiger partial charge on any atom is 0.188 e. The molecule has 5 heteroatoms. The maximum absolute atomic E-state index is 5.77. The van der Waals surface area contributed by atoms with E-state index in [1.807, 2.05) is 11.3 Å². The van der Waals surface area contributed by atoms with Gasteiger partial charge in [0.15, 0.2) is 5.96 Å². The number of nitrogens with one attached hydrogen (secondary N) is 1. The van der Waals surface area contributed by atoms with Crippen molar-refractivity contribution in [3.05, 3.63) is 19.9 Å². The van der Waals surface area contributed by atoms with E-state index in [2.05, 4.69) is 65.8 Å². The van der Waals surface area contributed by atoms with Crippen molar-refractivity contribution in [3.63, 3.8) is 0 Å². The van der Waals surface area contributed by atoms with Crippen molar-refractivity contribution in [1.29, 1.82) is 0 Å². The Hall–Kier alpha value is -0.300. The van der Waals surface area contributed by atoms with Gasteiger partial charge in [0.1, 0.15) is 0 Å². The summed E-state index contributed by atoms with van der Waals surface area (Å²) in [5, 5.41) is 3.14. The van der Waals surface area contributed by atoms with Crippen molar-refractivity contribution in [3.8, 4) is 0 Å². The number of nitrogens with zero attached hydrogens (tertiary/aromatic N) is 1. The second-order valence-corrected chi connectivity index (χ2v) is 7.66. The SMILES string of the molecule is CC(C)(C)NC(N)=NCCc1ccc(I)s1. The summed E-state index contributed by atoms with van der Waals surface area (Å²) in [4.78, 5) is 5.66. The molecular formula is C11H18IN3S. The van der Waals surface area contributed by atoms with Gasteiger partial charge in [-0.25, -0.2) is 0 Å². The number of nitrogens with two attached hydrogens (primary N) is 1. The summed E-state index contributed by atoms with van der Waals surface area (Å²) in [6.45, 7) is 6.94. The first-order chi connectivity index (χ1) is 7.37. The number of halogens is 1. The molecular weight excluding hydrogens is 333 g/mol. The molecule has 0 saturated heterocycles. The van der Waals surface area contributed by atoms with Crippen LogP contribution in [0.1, 0.15) is 25.6 Å². The van der Waals surface area contributed by atoms with E-state index in [0.29, 0.717) is 5.96 Å². The molecule has 0 saturated carbocycles. The molecule has 0 aromatic carbocycles. The molecule has 90 valence electrons. The second kappa shape index (κ2) is 5.86. The van der Waals surface area contributed by atoms with Crippen molar-refractivity contribution in [2.45, 2.75) is 32.7 Å². The van der Waals surface area contributed by atoms with Crippen LogP contribution in [-0.2, 0) is 6.42 Å². The van der Waals surface area contributed by atoms with Crippen LogP contribution in [0.3, 0.4) is 0 Å². The van der Waals surface area contributed by atoms with Gasteiger partial charge in [0, 0.05) is 23.4 Å². The smallest absolute Gasteiger partial charge is 0.188 e.